The van der Waals surface area contributed by atoms with E-state index in [1.54, 1.807) is 26.8 Å². The lowest BCUT2D eigenvalue weighted by atomic mass is 9.97. The number of carbonyl (C=O) groups excluding carboxylic acids is 5. The summed E-state index contributed by atoms with van der Waals surface area (Å²) in [6, 6.07) is 4.57. The number of nitrogens with one attached hydrogen (secondary N) is 2. The van der Waals surface area contributed by atoms with Gasteiger partial charge in [-0.2, -0.15) is 0 Å². The number of aliphatic hydroxyl groups is 3. The van der Waals surface area contributed by atoms with Crippen LogP contribution in [0.5, 0.6) is 5.75 Å². The molecule has 1 saturated heterocycles. The molecule has 2 heterocycles. The van der Waals surface area contributed by atoms with E-state index in [0.29, 0.717) is 5.56 Å². The Bertz CT molecular complexity index is 1190. The van der Waals surface area contributed by atoms with Crippen molar-refractivity contribution in [3.05, 3.63) is 35.9 Å². The van der Waals surface area contributed by atoms with Gasteiger partial charge >= 0.3 is 5.97 Å². The number of amides is 4. The van der Waals surface area contributed by atoms with Gasteiger partial charge in [0.05, 0.1) is 17.7 Å². The average molecular weight is 592 g/mol. The van der Waals surface area contributed by atoms with Crippen molar-refractivity contribution in [1.82, 2.24) is 10.2 Å². The van der Waals surface area contributed by atoms with E-state index in [2.05, 4.69) is 10.6 Å². The molecule has 42 heavy (non-hydrogen) atoms. The molecule has 230 valence electrons. The third-order valence-corrected chi connectivity index (χ3v) is 6.36. The highest BCUT2D eigenvalue weighted by molar-refractivity contribution is 6.12. The van der Waals surface area contributed by atoms with Gasteiger partial charge < -0.3 is 40.2 Å². The molecular weight excluding hydrogens is 554 g/mol. The number of ether oxygens (including phenoxy) is 3. The van der Waals surface area contributed by atoms with Crippen molar-refractivity contribution in [2.24, 2.45) is 5.41 Å². The maximum absolute atomic E-state index is 12.7. The van der Waals surface area contributed by atoms with Crippen LogP contribution in [0.2, 0.25) is 0 Å². The Morgan fingerprint density at radius 1 is 1.02 bits per heavy atom. The van der Waals surface area contributed by atoms with Crippen LogP contribution in [0.4, 0.5) is 5.69 Å². The second-order valence-corrected chi connectivity index (χ2v) is 10.9. The summed E-state index contributed by atoms with van der Waals surface area (Å²) in [5.74, 6) is -2.04. The highest BCUT2D eigenvalue weighted by Gasteiger charge is 2.39. The van der Waals surface area contributed by atoms with Crippen LogP contribution in [-0.2, 0) is 40.1 Å². The average Bonchev–Trinajstić information content (AvgIpc) is 3.24. The van der Waals surface area contributed by atoms with Crippen LogP contribution in [0.15, 0.2) is 30.4 Å². The van der Waals surface area contributed by atoms with E-state index >= 15 is 0 Å². The van der Waals surface area contributed by atoms with Crippen LogP contribution >= 0.6 is 0 Å². The van der Waals surface area contributed by atoms with E-state index in [-0.39, 0.29) is 62.9 Å². The largest absolute Gasteiger partial charge is 0.460 e. The zero-order valence-corrected chi connectivity index (χ0v) is 23.7. The summed E-state index contributed by atoms with van der Waals surface area (Å²) in [5, 5.41) is 35.2. The minimum atomic E-state index is -1.57. The Labute approximate surface area is 242 Å². The van der Waals surface area contributed by atoms with E-state index in [9.17, 15) is 39.3 Å². The van der Waals surface area contributed by atoms with Gasteiger partial charge in [-0.25, -0.2) is 0 Å². The summed E-state index contributed by atoms with van der Waals surface area (Å²) < 4.78 is 16.3. The zero-order chi connectivity index (χ0) is 31.0. The third-order valence-electron chi connectivity index (χ3n) is 6.36. The van der Waals surface area contributed by atoms with Gasteiger partial charge in [0.25, 0.3) is 11.8 Å². The molecule has 14 nitrogen and oxygen atoms in total. The molecule has 0 spiro atoms. The Kier molecular flexibility index (Phi) is 11.2. The number of nitrogens with zero attached hydrogens (tertiary/aromatic N) is 1. The van der Waals surface area contributed by atoms with Crippen LogP contribution in [0.1, 0.15) is 45.6 Å². The van der Waals surface area contributed by atoms with Crippen LogP contribution in [0, 0.1) is 5.41 Å². The molecule has 0 unspecified atom stereocenters. The van der Waals surface area contributed by atoms with Gasteiger partial charge in [0.15, 0.2) is 0 Å². The Balaban J connectivity index is 1.57. The van der Waals surface area contributed by atoms with Crippen molar-refractivity contribution in [1.29, 1.82) is 0 Å². The SMILES string of the molecule is CC(C)(C)C(=O)OCc1ccc(O[C@@H]2OC[C@@H](O)[C@H](O)[C@H]2O)c(NC(=O)CCNC(=O)CCCN2C(=O)C=CC2=O)c1. The third kappa shape index (κ3) is 9.08. The Morgan fingerprint density at radius 2 is 1.71 bits per heavy atom. The lowest BCUT2D eigenvalue weighted by molar-refractivity contribution is -0.241. The highest BCUT2D eigenvalue weighted by Crippen LogP contribution is 2.30. The first-order valence-electron chi connectivity index (χ1n) is 13.5. The standard InChI is InChI=1S/C28H37N3O11/c1-28(2,3)27(39)41-14-16-6-7-19(42-26-25(38)24(37)18(32)15-40-26)17(13-16)30-21(34)10-11-29-20(33)5-4-12-31-22(35)8-9-23(31)36/h6-9,13,18,24-26,32,37-38H,4-5,10-12,14-15H2,1-3H3,(H,29,33)(H,30,34)/t18-,24+,25-,26+/m1/s1. The molecule has 4 atom stereocenters. The Morgan fingerprint density at radius 3 is 2.38 bits per heavy atom. The molecule has 4 amide bonds. The van der Waals surface area contributed by atoms with Gasteiger partial charge in [-0.05, 0) is 44.9 Å². The van der Waals surface area contributed by atoms with Crippen molar-refractivity contribution in [2.45, 2.75) is 71.2 Å². The fourth-order valence-corrected chi connectivity index (χ4v) is 3.91. The molecule has 0 radical (unpaired) electrons. The van der Waals surface area contributed by atoms with Crippen LogP contribution in [0.3, 0.4) is 0 Å². The number of esters is 1. The maximum atomic E-state index is 12.7. The van der Waals surface area contributed by atoms with Gasteiger partial charge in [-0.15, -0.1) is 0 Å². The predicted octanol–water partition coefficient (Wildman–Crippen LogP) is -0.256. The first kappa shape index (κ1) is 32.7. The van der Waals surface area contributed by atoms with E-state index < -0.39 is 53.7 Å². The monoisotopic (exact) mass is 591 g/mol. The van der Waals surface area contributed by atoms with Gasteiger partial charge in [0.2, 0.25) is 18.1 Å². The highest BCUT2D eigenvalue weighted by atomic mass is 16.7. The molecule has 0 saturated carbocycles. The number of anilines is 1. The van der Waals surface area contributed by atoms with E-state index in [0.717, 1.165) is 4.90 Å². The minimum Gasteiger partial charge on any atom is -0.460 e. The van der Waals surface area contributed by atoms with E-state index in [4.69, 9.17) is 14.2 Å². The van der Waals surface area contributed by atoms with Crippen LogP contribution < -0.4 is 15.4 Å². The molecule has 2 aliphatic rings. The molecule has 14 heteroatoms. The number of rotatable bonds is 12. The summed E-state index contributed by atoms with van der Waals surface area (Å²) in [6.07, 6.45) is -3.17. The molecule has 1 fully saturated rings. The number of carbonyl (C=O) groups is 5. The maximum Gasteiger partial charge on any atom is 0.311 e. The molecule has 1 aromatic carbocycles. The topological polar surface area (TPSA) is 201 Å². The fraction of sp³-hybridized carbons (Fsp3) is 0.536. The van der Waals surface area contributed by atoms with E-state index in [1.807, 2.05) is 0 Å². The Hall–Kier alpha value is -3.85. The van der Waals surface area contributed by atoms with Gasteiger partial charge in [0, 0.05) is 38.1 Å². The van der Waals surface area contributed by atoms with Crippen molar-refractivity contribution >= 4 is 35.3 Å². The number of hydrogen-bond acceptors (Lipinski definition) is 11. The molecule has 0 bridgehead atoms. The lowest BCUT2D eigenvalue weighted by Gasteiger charge is -2.35. The van der Waals surface area contributed by atoms with Gasteiger partial charge in [0.1, 0.15) is 30.7 Å². The second kappa shape index (κ2) is 14.4. The summed E-state index contributed by atoms with van der Waals surface area (Å²) in [5.41, 5.74) is -0.0418. The number of hydrogen-bond donors (Lipinski definition) is 5. The summed E-state index contributed by atoms with van der Waals surface area (Å²) in [6.45, 7) is 4.87. The smallest absolute Gasteiger partial charge is 0.311 e. The normalized spacial score (nSPS) is 22.2. The number of benzene rings is 1. The quantitative estimate of drug-likeness (QED) is 0.158. The molecule has 2 aliphatic heterocycles. The van der Waals surface area contributed by atoms with Crippen LogP contribution in [0.25, 0.3) is 0 Å². The lowest BCUT2D eigenvalue weighted by Crippen LogP contribution is -2.54. The van der Waals surface area contributed by atoms with Crippen molar-refractivity contribution in [3.8, 4) is 5.75 Å². The first-order valence-corrected chi connectivity index (χ1v) is 13.5. The molecule has 3 rings (SSSR count). The van der Waals surface area contributed by atoms with Gasteiger partial charge in [-0.3, -0.25) is 28.9 Å². The fourth-order valence-electron chi connectivity index (χ4n) is 3.91. The summed E-state index contributed by atoms with van der Waals surface area (Å²) >= 11 is 0. The predicted molar refractivity (Wildman–Crippen MR) is 145 cm³/mol. The second-order valence-electron chi connectivity index (χ2n) is 10.9. The zero-order valence-electron chi connectivity index (χ0n) is 23.7. The van der Waals surface area contributed by atoms with E-state index in [1.165, 1.54) is 24.3 Å². The number of aliphatic hydroxyl groups excluding tert-OH is 3. The van der Waals surface area contributed by atoms with Crippen molar-refractivity contribution in [2.75, 3.05) is 25.0 Å². The van der Waals surface area contributed by atoms with Crippen molar-refractivity contribution in [3.63, 3.8) is 0 Å². The molecule has 0 aliphatic carbocycles. The molecule has 0 aromatic heterocycles. The van der Waals surface area contributed by atoms with Crippen molar-refractivity contribution < 1.29 is 53.5 Å². The minimum absolute atomic E-state index is 0.00139. The van der Waals surface area contributed by atoms with Crippen LogP contribution in [-0.4, -0.2) is 94.1 Å². The summed E-state index contributed by atoms with van der Waals surface area (Å²) in [4.78, 5) is 61.2. The first-order chi connectivity index (χ1) is 19.8. The molecule has 1 aromatic rings. The molecular formula is C28H37N3O11. The summed E-state index contributed by atoms with van der Waals surface area (Å²) in [7, 11) is 0. The molecule has 5 N–H and O–H groups in total. The van der Waals surface area contributed by atoms with Gasteiger partial charge in [-0.1, -0.05) is 6.07 Å². The number of imide groups is 1.